The molecule has 7 nitrogen and oxygen atoms in total. The van der Waals surface area contributed by atoms with E-state index in [2.05, 4.69) is 36.2 Å². The van der Waals surface area contributed by atoms with Crippen LogP contribution in [0.25, 0.3) is 16.7 Å². The molecular weight excluding hydrogens is 516 g/mol. The Morgan fingerprint density at radius 1 is 0.878 bits per heavy atom. The molecule has 0 unspecified atom stereocenters. The number of piperidine rings is 1. The second-order valence-electron chi connectivity index (χ2n) is 10.8. The second-order valence-corrected chi connectivity index (χ2v) is 10.8. The summed E-state index contributed by atoms with van der Waals surface area (Å²) in [6.45, 7) is 5.55. The Hall–Kier alpha value is -4.39. The molecule has 2 aliphatic rings. The van der Waals surface area contributed by atoms with Crippen molar-refractivity contribution in [1.29, 1.82) is 0 Å². The molecule has 1 aliphatic heterocycles. The molecule has 2 amide bonds. The van der Waals surface area contributed by atoms with Crippen molar-refractivity contribution < 1.29 is 24.2 Å². The fraction of sp³-hybridized carbons (Fsp3) is 0.324. The lowest BCUT2D eigenvalue weighted by Gasteiger charge is -2.30. The topological polar surface area (TPSA) is 95.9 Å². The number of hydrogen-bond donors (Lipinski definition) is 2. The van der Waals surface area contributed by atoms with E-state index in [0.717, 1.165) is 58.2 Å². The highest BCUT2D eigenvalue weighted by Gasteiger charge is 2.31. The summed E-state index contributed by atoms with van der Waals surface area (Å²) in [6, 6.07) is 23.2. The van der Waals surface area contributed by atoms with E-state index in [1.54, 1.807) is 0 Å². The predicted octanol–water partition coefficient (Wildman–Crippen LogP) is 6.03. The van der Waals surface area contributed by atoms with Gasteiger partial charge in [0, 0.05) is 31.8 Å². The first-order valence-electron chi connectivity index (χ1n) is 14.3. The van der Waals surface area contributed by atoms with Gasteiger partial charge in [-0.2, -0.15) is 0 Å². The van der Waals surface area contributed by atoms with Gasteiger partial charge in [0.2, 0.25) is 5.91 Å². The van der Waals surface area contributed by atoms with Gasteiger partial charge in [-0.15, -0.1) is 0 Å². The molecule has 1 atom stereocenters. The van der Waals surface area contributed by atoms with Crippen molar-refractivity contribution in [2.45, 2.75) is 50.5 Å². The number of alkyl carbamates (subject to hydrolysis) is 1. The van der Waals surface area contributed by atoms with Crippen LogP contribution in [0.3, 0.4) is 0 Å². The first kappa shape index (κ1) is 28.1. The van der Waals surface area contributed by atoms with Gasteiger partial charge in [0.05, 0.1) is 0 Å². The second kappa shape index (κ2) is 12.9. The standard InChI is InChI=1S/C34H36N2O5/c1-23(13-18-32(37)38)25-16-14-24(15-17-25)21-31(33(39)36-19-7-2-8-20-36)35-34(40)41-22-30-28-11-5-3-9-26(28)27-10-4-6-12-29(27)30/h3-6,9-12,14-17,30-31H,1-2,7-8,13,18-22H2,(H,35,40)(H,37,38)/t31-/m1/s1. The number of amides is 2. The number of carbonyl (C=O) groups is 3. The van der Waals surface area contributed by atoms with Gasteiger partial charge in [-0.05, 0) is 64.6 Å². The highest BCUT2D eigenvalue weighted by Crippen LogP contribution is 2.44. The molecule has 1 aliphatic carbocycles. The van der Waals surface area contributed by atoms with Crippen LogP contribution in [0.4, 0.5) is 4.79 Å². The summed E-state index contributed by atoms with van der Waals surface area (Å²) >= 11 is 0. The van der Waals surface area contributed by atoms with Crippen LogP contribution in [0.2, 0.25) is 0 Å². The Morgan fingerprint density at radius 3 is 2.10 bits per heavy atom. The number of nitrogens with one attached hydrogen (secondary N) is 1. The lowest BCUT2D eigenvalue weighted by atomic mass is 9.98. The van der Waals surface area contributed by atoms with Gasteiger partial charge in [-0.25, -0.2) is 4.79 Å². The van der Waals surface area contributed by atoms with Crippen molar-refractivity contribution in [3.63, 3.8) is 0 Å². The molecule has 0 radical (unpaired) electrons. The van der Waals surface area contributed by atoms with Crippen molar-refractivity contribution in [2.75, 3.05) is 19.7 Å². The van der Waals surface area contributed by atoms with Gasteiger partial charge >= 0.3 is 12.1 Å². The normalized spacial score (nSPS) is 15.0. The summed E-state index contributed by atoms with van der Waals surface area (Å²) < 4.78 is 5.76. The lowest BCUT2D eigenvalue weighted by Crippen LogP contribution is -2.51. The number of benzene rings is 3. The Balaban J connectivity index is 1.27. The maximum absolute atomic E-state index is 13.5. The molecule has 1 fully saturated rings. The van der Waals surface area contributed by atoms with E-state index in [1.165, 1.54) is 0 Å². The molecule has 212 valence electrons. The highest BCUT2D eigenvalue weighted by atomic mass is 16.5. The first-order valence-corrected chi connectivity index (χ1v) is 14.3. The number of carbonyl (C=O) groups excluding carboxylic acids is 2. The Bertz CT molecular complexity index is 1380. The molecule has 1 heterocycles. The summed E-state index contributed by atoms with van der Waals surface area (Å²) in [5.74, 6) is -1.03. The molecule has 5 rings (SSSR count). The van der Waals surface area contributed by atoms with Crippen molar-refractivity contribution >= 4 is 23.5 Å². The summed E-state index contributed by atoms with van der Waals surface area (Å²) in [5.41, 5.74) is 7.07. The van der Waals surface area contributed by atoms with E-state index >= 15 is 0 Å². The van der Waals surface area contributed by atoms with E-state index in [-0.39, 0.29) is 24.9 Å². The maximum Gasteiger partial charge on any atom is 0.407 e. The molecule has 1 saturated heterocycles. The van der Waals surface area contributed by atoms with Gasteiger partial charge in [0.25, 0.3) is 0 Å². The molecule has 0 aromatic heterocycles. The van der Waals surface area contributed by atoms with Crippen LogP contribution in [-0.4, -0.2) is 53.7 Å². The number of rotatable bonds is 10. The summed E-state index contributed by atoms with van der Waals surface area (Å²) in [5, 5.41) is 11.8. The smallest absolute Gasteiger partial charge is 0.407 e. The fourth-order valence-electron chi connectivity index (χ4n) is 5.83. The van der Waals surface area contributed by atoms with E-state index in [4.69, 9.17) is 9.84 Å². The molecular formula is C34H36N2O5. The average molecular weight is 553 g/mol. The molecule has 3 aromatic rings. The zero-order valence-corrected chi connectivity index (χ0v) is 23.2. The SMILES string of the molecule is C=C(CCC(=O)O)c1ccc(C[C@@H](NC(=O)OCC2c3ccccc3-c3ccccc32)C(=O)N2CCCCC2)cc1. The number of aliphatic carboxylic acids is 1. The van der Waals surface area contributed by atoms with Gasteiger partial charge in [-0.1, -0.05) is 79.4 Å². The highest BCUT2D eigenvalue weighted by molar-refractivity contribution is 5.86. The maximum atomic E-state index is 13.5. The van der Waals surface area contributed by atoms with Crippen molar-refractivity contribution in [3.8, 4) is 11.1 Å². The van der Waals surface area contributed by atoms with Crippen LogP contribution in [0.15, 0.2) is 79.4 Å². The Labute approximate surface area is 240 Å². The third kappa shape index (κ3) is 6.68. The van der Waals surface area contributed by atoms with Gasteiger partial charge in [-0.3, -0.25) is 9.59 Å². The van der Waals surface area contributed by atoms with Crippen LogP contribution >= 0.6 is 0 Å². The quantitative estimate of drug-likeness (QED) is 0.320. The van der Waals surface area contributed by atoms with Crippen LogP contribution in [0.5, 0.6) is 0 Å². The van der Waals surface area contributed by atoms with Gasteiger partial charge in [0.1, 0.15) is 12.6 Å². The zero-order valence-electron chi connectivity index (χ0n) is 23.2. The first-order chi connectivity index (χ1) is 19.9. The average Bonchev–Trinajstić information content (AvgIpc) is 3.32. The van der Waals surface area contributed by atoms with Gasteiger partial charge in [0.15, 0.2) is 0 Å². The Kier molecular flexibility index (Phi) is 8.82. The van der Waals surface area contributed by atoms with Gasteiger partial charge < -0.3 is 20.1 Å². The monoisotopic (exact) mass is 552 g/mol. The molecule has 7 heteroatoms. The van der Waals surface area contributed by atoms with E-state index in [0.29, 0.717) is 25.9 Å². The fourth-order valence-corrected chi connectivity index (χ4v) is 5.83. The van der Waals surface area contributed by atoms with Crippen molar-refractivity contribution in [1.82, 2.24) is 10.2 Å². The summed E-state index contributed by atoms with van der Waals surface area (Å²) in [6.07, 6.45) is 3.11. The molecule has 0 bridgehead atoms. The van der Waals surface area contributed by atoms with Crippen LogP contribution in [-0.2, 0) is 20.7 Å². The largest absolute Gasteiger partial charge is 0.481 e. The van der Waals surface area contributed by atoms with Crippen molar-refractivity contribution in [2.24, 2.45) is 0 Å². The lowest BCUT2D eigenvalue weighted by molar-refractivity contribution is -0.137. The summed E-state index contributed by atoms with van der Waals surface area (Å²) in [4.78, 5) is 39.4. The number of ether oxygens (including phenoxy) is 1. The number of fused-ring (bicyclic) bond motifs is 3. The van der Waals surface area contributed by atoms with Crippen molar-refractivity contribution in [3.05, 3.63) is 102 Å². The third-order valence-electron chi connectivity index (χ3n) is 8.04. The Morgan fingerprint density at radius 2 is 1.49 bits per heavy atom. The van der Waals surface area contributed by atoms with Crippen LogP contribution in [0.1, 0.15) is 60.3 Å². The molecule has 2 N–H and O–H groups in total. The number of hydrogen-bond acceptors (Lipinski definition) is 4. The minimum absolute atomic E-state index is 0.0249. The molecule has 3 aromatic carbocycles. The van der Waals surface area contributed by atoms with Crippen LogP contribution in [0, 0.1) is 0 Å². The van der Waals surface area contributed by atoms with E-state index < -0.39 is 18.1 Å². The number of carboxylic acids is 1. The minimum Gasteiger partial charge on any atom is -0.481 e. The number of carboxylic acid groups (broad SMARTS) is 1. The molecule has 0 spiro atoms. The third-order valence-corrected chi connectivity index (χ3v) is 8.04. The van der Waals surface area contributed by atoms with Crippen LogP contribution < -0.4 is 5.32 Å². The number of likely N-dealkylation sites (tertiary alicyclic amines) is 1. The minimum atomic E-state index is -0.860. The zero-order chi connectivity index (χ0) is 28.8. The predicted molar refractivity (Wildman–Crippen MR) is 158 cm³/mol. The summed E-state index contributed by atoms with van der Waals surface area (Å²) in [7, 11) is 0. The van der Waals surface area contributed by atoms with E-state index in [9.17, 15) is 14.4 Å². The number of nitrogens with zero attached hydrogens (tertiary/aromatic N) is 1. The number of allylic oxidation sites excluding steroid dienone is 1. The van der Waals surface area contributed by atoms with E-state index in [1.807, 2.05) is 53.4 Å². The molecule has 0 saturated carbocycles. The molecule has 41 heavy (non-hydrogen) atoms.